The first-order valence-corrected chi connectivity index (χ1v) is 6.45. The van der Waals surface area contributed by atoms with E-state index in [0.717, 1.165) is 11.6 Å². The minimum absolute atomic E-state index is 0.0424. The van der Waals surface area contributed by atoms with Crippen LogP contribution >= 0.6 is 0 Å². The van der Waals surface area contributed by atoms with E-state index in [0.29, 0.717) is 12.2 Å². The Hall–Kier alpha value is -1.94. The Balaban J connectivity index is 2.02. The van der Waals surface area contributed by atoms with Gasteiger partial charge in [-0.05, 0) is 30.2 Å². The molecular formula is C16H16F2O2. The average molecular weight is 278 g/mol. The van der Waals surface area contributed by atoms with Gasteiger partial charge >= 0.3 is 0 Å². The maximum absolute atomic E-state index is 13.4. The zero-order valence-electron chi connectivity index (χ0n) is 11.1. The van der Waals surface area contributed by atoms with Crippen LogP contribution in [0.4, 0.5) is 8.78 Å². The third kappa shape index (κ3) is 3.33. The zero-order chi connectivity index (χ0) is 14.5. The van der Waals surface area contributed by atoms with Crippen molar-refractivity contribution in [2.75, 3.05) is 0 Å². The molecule has 1 unspecified atom stereocenters. The van der Waals surface area contributed by atoms with Gasteiger partial charge < -0.3 is 9.84 Å². The molecule has 1 N–H and O–H groups in total. The maximum atomic E-state index is 13.4. The molecule has 0 saturated heterocycles. The van der Waals surface area contributed by atoms with Gasteiger partial charge in [-0.1, -0.05) is 31.2 Å². The van der Waals surface area contributed by atoms with E-state index in [1.54, 1.807) is 24.3 Å². The van der Waals surface area contributed by atoms with Crippen molar-refractivity contribution in [3.8, 4) is 5.75 Å². The van der Waals surface area contributed by atoms with Crippen molar-refractivity contribution in [1.82, 2.24) is 0 Å². The second-order valence-electron chi connectivity index (χ2n) is 4.49. The molecule has 0 heterocycles. The summed E-state index contributed by atoms with van der Waals surface area (Å²) in [4.78, 5) is 0. The van der Waals surface area contributed by atoms with E-state index in [2.05, 4.69) is 0 Å². The van der Waals surface area contributed by atoms with E-state index in [1.165, 1.54) is 12.1 Å². The van der Waals surface area contributed by atoms with Crippen LogP contribution in [0.3, 0.4) is 0 Å². The Morgan fingerprint density at radius 2 is 1.80 bits per heavy atom. The molecule has 106 valence electrons. The van der Waals surface area contributed by atoms with Crippen molar-refractivity contribution in [2.24, 2.45) is 0 Å². The minimum atomic E-state index is -0.884. The molecule has 0 aromatic heterocycles. The predicted octanol–water partition coefficient (Wildman–Crippen LogP) is 3.99. The van der Waals surface area contributed by atoms with Crippen LogP contribution in [0.25, 0.3) is 0 Å². The lowest BCUT2D eigenvalue weighted by Crippen LogP contribution is -2.01. The van der Waals surface area contributed by atoms with Crippen LogP contribution in [0, 0.1) is 11.6 Å². The largest absolute Gasteiger partial charge is 0.489 e. The van der Waals surface area contributed by atoms with Gasteiger partial charge in [-0.3, -0.25) is 0 Å². The van der Waals surface area contributed by atoms with Crippen LogP contribution in [0.1, 0.15) is 30.6 Å². The second kappa shape index (κ2) is 6.48. The molecule has 20 heavy (non-hydrogen) atoms. The fourth-order valence-electron chi connectivity index (χ4n) is 1.84. The summed E-state index contributed by atoms with van der Waals surface area (Å²) in [6, 6.07) is 10.9. The molecule has 2 rings (SSSR count). The van der Waals surface area contributed by atoms with Gasteiger partial charge in [-0.2, -0.15) is 0 Å². The van der Waals surface area contributed by atoms with E-state index in [9.17, 15) is 13.9 Å². The molecule has 0 bridgehead atoms. The second-order valence-corrected chi connectivity index (χ2v) is 4.49. The maximum Gasteiger partial charge on any atom is 0.165 e. The van der Waals surface area contributed by atoms with Gasteiger partial charge in [0.15, 0.2) is 11.6 Å². The number of aliphatic hydroxyl groups is 1. The van der Waals surface area contributed by atoms with Gasteiger partial charge in [0.05, 0.1) is 6.10 Å². The lowest BCUT2D eigenvalue weighted by Gasteiger charge is -2.10. The van der Waals surface area contributed by atoms with Crippen LogP contribution in [0.5, 0.6) is 5.75 Å². The highest BCUT2D eigenvalue weighted by Crippen LogP contribution is 2.21. The molecule has 2 nitrogen and oxygen atoms in total. The molecule has 0 amide bonds. The van der Waals surface area contributed by atoms with Crippen LogP contribution in [0.15, 0.2) is 42.5 Å². The highest BCUT2D eigenvalue weighted by atomic mass is 19.2. The van der Waals surface area contributed by atoms with Gasteiger partial charge in [-0.25, -0.2) is 8.78 Å². The van der Waals surface area contributed by atoms with Crippen LogP contribution in [-0.4, -0.2) is 5.11 Å². The molecule has 0 aliphatic heterocycles. The van der Waals surface area contributed by atoms with Crippen LogP contribution in [0.2, 0.25) is 0 Å². The van der Waals surface area contributed by atoms with Crippen LogP contribution < -0.4 is 4.74 Å². The molecule has 0 radical (unpaired) electrons. The van der Waals surface area contributed by atoms with Crippen molar-refractivity contribution in [3.63, 3.8) is 0 Å². The summed E-state index contributed by atoms with van der Waals surface area (Å²) in [7, 11) is 0. The molecule has 2 aromatic carbocycles. The number of hydrogen-bond acceptors (Lipinski definition) is 2. The van der Waals surface area contributed by atoms with Gasteiger partial charge in [0.1, 0.15) is 12.4 Å². The third-order valence-corrected chi connectivity index (χ3v) is 3.08. The Labute approximate surface area is 116 Å². The fourth-order valence-corrected chi connectivity index (χ4v) is 1.84. The molecule has 2 aromatic rings. The summed E-state index contributed by atoms with van der Waals surface area (Å²) in [6.45, 7) is 1.85. The summed E-state index contributed by atoms with van der Waals surface area (Å²) in [6.07, 6.45) is 0.138. The predicted molar refractivity (Wildman–Crippen MR) is 72.4 cm³/mol. The minimum Gasteiger partial charge on any atom is -0.489 e. The van der Waals surface area contributed by atoms with E-state index in [1.807, 2.05) is 6.92 Å². The van der Waals surface area contributed by atoms with Gasteiger partial charge in [0.25, 0.3) is 0 Å². The third-order valence-electron chi connectivity index (χ3n) is 3.08. The van der Waals surface area contributed by atoms with Crippen molar-refractivity contribution in [1.29, 1.82) is 0 Å². The topological polar surface area (TPSA) is 29.5 Å². The Morgan fingerprint density at radius 3 is 2.45 bits per heavy atom. The molecular weight excluding hydrogens is 262 g/mol. The average Bonchev–Trinajstić information content (AvgIpc) is 2.48. The SMILES string of the molecule is CCC(O)c1ccc(OCc2cccc(F)c2F)cc1. The monoisotopic (exact) mass is 278 g/mol. The summed E-state index contributed by atoms with van der Waals surface area (Å²) in [5.41, 5.74) is 0.972. The summed E-state index contributed by atoms with van der Waals surface area (Å²) < 4.78 is 31.9. The number of ether oxygens (including phenoxy) is 1. The Kier molecular flexibility index (Phi) is 4.69. The number of benzene rings is 2. The molecule has 0 saturated carbocycles. The lowest BCUT2D eigenvalue weighted by molar-refractivity contribution is 0.173. The fraction of sp³-hybridized carbons (Fsp3) is 0.250. The Morgan fingerprint density at radius 1 is 1.10 bits per heavy atom. The molecule has 0 aliphatic rings. The molecule has 4 heteroatoms. The number of rotatable bonds is 5. The van der Waals surface area contributed by atoms with Gasteiger partial charge in [-0.15, -0.1) is 0 Å². The van der Waals surface area contributed by atoms with Crippen molar-refractivity contribution >= 4 is 0 Å². The number of halogens is 2. The van der Waals surface area contributed by atoms with Crippen molar-refractivity contribution < 1.29 is 18.6 Å². The smallest absolute Gasteiger partial charge is 0.165 e. The van der Waals surface area contributed by atoms with Gasteiger partial charge in [0, 0.05) is 5.56 Å². The summed E-state index contributed by atoms with van der Waals surface area (Å²) in [5.74, 6) is -1.22. The van der Waals surface area contributed by atoms with Crippen LogP contribution in [-0.2, 0) is 6.61 Å². The van der Waals surface area contributed by atoms with E-state index >= 15 is 0 Å². The van der Waals surface area contributed by atoms with E-state index < -0.39 is 17.7 Å². The van der Waals surface area contributed by atoms with E-state index in [4.69, 9.17) is 4.74 Å². The summed E-state index contributed by atoms with van der Waals surface area (Å²) in [5, 5.41) is 9.66. The first-order valence-electron chi connectivity index (χ1n) is 6.45. The normalized spacial score (nSPS) is 12.2. The highest BCUT2D eigenvalue weighted by Gasteiger charge is 2.08. The van der Waals surface area contributed by atoms with E-state index in [-0.39, 0.29) is 12.2 Å². The number of aliphatic hydroxyl groups excluding tert-OH is 1. The number of hydrogen-bond donors (Lipinski definition) is 1. The zero-order valence-corrected chi connectivity index (χ0v) is 11.1. The molecule has 0 spiro atoms. The van der Waals surface area contributed by atoms with Crippen molar-refractivity contribution in [3.05, 3.63) is 65.2 Å². The lowest BCUT2D eigenvalue weighted by atomic mass is 10.1. The quantitative estimate of drug-likeness (QED) is 0.896. The molecule has 1 atom stereocenters. The van der Waals surface area contributed by atoms with Gasteiger partial charge in [0.2, 0.25) is 0 Å². The Bertz CT molecular complexity index is 567. The standard InChI is InChI=1S/C16H16F2O2/c1-2-15(19)11-6-8-13(9-7-11)20-10-12-4-3-5-14(17)16(12)18/h3-9,15,19H,2,10H2,1H3. The first kappa shape index (κ1) is 14.5. The molecule has 0 aliphatic carbocycles. The summed E-state index contributed by atoms with van der Waals surface area (Å²) >= 11 is 0. The molecule has 0 fully saturated rings. The first-order chi connectivity index (χ1) is 9.61. The van der Waals surface area contributed by atoms with Crippen molar-refractivity contribution in [2.45, 2.75) is 26.1 Å². The highest BCUT2D eigenvalue weighted by molar-refractivity contribution is 5.29.